The topological polar surface area (TPSA) is 136 Å². The van der Waals surface area contributed by atoms with Crippen LogP contribution in [0.15, 0.2) is 47.1 Å². The number of methoxy groups -OCH3 is 1. The zero-order valence-electron chi connectivity index (χ0n) is 15.0. The van der Waals surface area contributed by atoms with Gasteiger partial charge < -0.3 is 29.8 Å². The molecule has 28 heavy (non-hydrogen) atoms. The molecule has 0 atom stereocenters. The number of anilines is 1. The van der Waals surface area contributed by atoms with E-state index in [4.69, 9.17) is 13.9 Å². The minimum Gasteiger partial charge on any atom is -0.497 e. The van der Waals surface area contributed by atoms with E-state index in [0.717, 1.165) is 0 Å². The first kappa shape index (κ1) is 20.5. The maximum absolute atomic E-state index is 11.8. The van der Waals surface area contributed by atoms with Crippen LogP contribution in [0.5, 0.6) is 5.75 Å². The van der Waals surface area contributed by atoms with Gasteiger partial charge in [-0.3, -0.25) is 19.2 Å². The predicted molar refractivity (Wildman–Crippen MR) is 96.6 cm³/mol. The van der Waals surface area contributed by atoms with E-state index in [1.165, 1.54) is 25.5 Å². The van der Waals surface area contributed by atoms with E-state index in [0.29, 0.717) is 11.4 Å². The second-order valence-corrected chi connectivity index (χ2v) is 5.38. The molecule has 0 aliphatic heterocycles. The van der Waals surface area contributed by atoms with Crippen molar-refractivity contribution in [3.05, 3.63) is 48.4 Å². The molecule has 0 radical (unpaired) electrons. The fourth-order valence-electron chi connectivity index (χ4n) is 1.98. The molecule has 0 aliphatic carbocycles. The molecule has 148 valence electrons. The van der Waals surface area contributed by atoms with Crippen molar-refractivity contribution in [2.24, 2.45) is 0 Å². The lowest BCUT2D eigenvalue weighted by Crippen LogP contribution is -2.39. The Hall–Kier alpha value is -3.82. The molecule has 1 aromatic carbocycles. The number of hydrogen-bond donors (Lipinski definition) is 3. The van der Waals surface area contributed by atoms with Crippen LogP contribution in [-0.2, 0) is 19.1 Å². The van der Waals surface area contributed by atoms with Gasteiger partial charge in [0.2, 0.25) is 5.91 Å². The highest BCUT2D eigenvalue weighted by atomic mass is 16.5. The highest BCUT2D eigenvalue weighted by Gasteiger charge is 2.12. The van der Waals surface area contributed by atoms with Crippen LogP contribution in [-0.4, -0.2) is 50.5 Å². The molecule has 10 nitrogen and oxygen atoms in total. The number of hydrogen-bond acceptors (Lipinski definition) is 7. The quantitative estimate of drug-likeness (QED) is 0.525. The smallest absolute Gasteiger partial charge is 0.325 e. The van der Waals surface area contributed by atoms with Gasteiger partial charge in [0, 0.05) is 11.8 Å². The Balaban J connectivity index is 1.63. The molecule has 3 N–H and O–H groups in total. The van der Waals surface area contributed by atoms with E-state index in [2.05, 4.69) is 16.0 Å². The van der Waals surface area contributed by atoms with Crippen molar-refractivity contribution in [3.63, 3.8) is 0 Å². The summed E-state index contributed by atoms with van der Waals surface area (Å²) in [6.07, 6.45) is 1.33. The maximum atomic E-state index is 11.8. The summed E-state index contributed by atoms with van der Waals surface area (Å²) in [5.41, 5.74) is 0.487. The van der Waals surface area contributed by atoms with Crippen molar-refractivity contribution in [3.8, 4) is 5.75 Å². The summed E-state index contributed by atoms with van der Waals surface area (Å²) in [4.78, 5) is 46.6. The molecule has 1 aromatic heterocycles. The fraction of sp³-hybridized carbons (Fsp3) is 0.222. The largest absolute Gasteiger partial charge is 0.497 e. The van der Waals surface area contributed by atoms with Gasteiger partial charge in [-0.15, -0.1) is 0 Å². The minimum atomic E-state index is -0.800. The third-order valence-electron chi connectivity index (χ3n) is 3.30. The number of carbonyl (C=O) groups excluding carboxylic acids is 4. The Bertz CT molecular complexity index is 833. The monoisotopic (exact) mass is 389 g/mol. The summed E-state index contributed by atoms with van der Waals surface area (Å²) in [5, 5.41) is 7.13. The van der Waals surface area contributed by atoms with Gasteiger partial charge in [-0.1, -0.05) is 6.07 Å². The van der Waals surface area contributed by atoms with Gasteiger partial charge in [0.25, 0.3) is 11.8 Å². The molecular formula is C18H19N3O7. The molecule has 2 rings (SSSR count). The Labute approximate surface area is 160 Å². The normalized spacial score (nSPS) is 9.89. The lowest BCUT2D eigenvalue weighted by molar-refractivity contribution is -0.147. The molecular weight excluding hydrogens is 370 g/mol. The predicted octanol–water partition coefficient (Wildman–Crippen LogP) is 0.316. The zero-order valence-corrected chi connectivity index (χ0v) is 15.0. The van der Waals surface area contributed by atoms with Crippen LogP contribution in [0.1, 0.15) is 10.6 Å². The summed E-state index contributed by atoms with van der Waals surface area (Å²) in [6, 6.07) is 9.66. The van der Waals surface area contributed by atoms with E-state index in [1.807, 2.05) is 0 Å². The number of rotatable bonds is 9. The number of ether oxygens (including phenoxy) is 2. The summed E-state index contributed by atoms with van der Waals surface area (Å²) in [5.74, 6) is -1.87. The van der Waals surface area contributed by atoms with Gasteiger partial charge in [-0.05, 0) is 24.3 Å². The summed E-state index contributed by atoms with van der Waals surface area (Å²) in [6.45, 7) is -1.30. The molecule has 10 heteroatoms. The average Bonchev–Trinajstić information content (AvgIpc) is 3.24. The molecule has 0 saturated carbocycles. The maximum Gasteiger partial charge on any atom is 0.325 e. The summed E-state index contributed by atoms with van der Waals surface area (Å²) < 4.78 is 14.7. The van der Waals surface area contributed by atoms with Crippen LogP contribution < -0.4 is 20.7 Å². The van der Waals surface area contributed by atoms with Crippen molar-refractivity contribution in [1.29, 1.82) is 0 Å². The first-order valence-corrected chi connectivity index (χ1v) is 8.16. The first-order valence-electron chi connectivity index (χ1n) is 8.16. The Morgan fingerprint density at radius 1 is 1.00 bits per heavy atom. The van der Waals surface area contributed by atoms with Crippen molar-refractivity contribution in [2.75, 3.05) is 32.1 Å². The standard InChI is InChI=1S/C18H19N3O7/c1-26-13-5-2-4-12(8-13)21-16(23)11-28-17(24)10-19-15(22)9-20-18(25)14-6-3-7-27-14/h2-8H,9-11H2,1H3,(H,19,22)(H,20,25)(H,21,23). The average molecular weight is 389 g/mol. The SMILES string of the molecule is COc1cccc(NC(=O)COC(=O)CNC(=O)CNC(=O)c2ccco2)c1. The molecule has 0 saturated heterocycles. The molecule has 1 heterocycles. The molecule has 0 spiro atoms. The van der Waals surface area contributed by atoms with Gasteiger partial charge in [-0.2, -0.15) is 0 Å². The van der Waals surface area contributed by atoms with Crippen LogP contribution in [0.4, 0.5) is 5.69 Å². The Morgan fingerprint density at radius 2 is 1.82 bits per heavy atom. The molecule has 0 unspecified atom stereocenters. The van der Waals surface area contributed by atoms with E-state index < -0.39 is 36.8 Å². The van der Waals surface area contributed by atoms with Crippen LogP contribution in [0.3, 0.4) is 0 Å². The molecule has 3 amide bonds. The van der Waals surface area contributed by atoms with Crippen molar-refractivity contribution in [2.45, 2.75) is 0 Å². The second-order valence-electron chi connectivity index (χ2n) is 5.38. The van der Waals surface area contributed by atoms with E-state index in [1.54, 1.807) is 24.3 Å². The lowest BCUT2D eigenvalue weighted by atomic mass is 10.3. The molecule has 0 bridgehead atoms. The summed E-state index contributed by atoms with van der Waals surface area (Å²) in [7, 11) is 1.50. The third kappa shape index (κ3) is 6.83. The Morgan fingerprint density at radius 3 is 2.54 bits per heavy atom. The number of amides is 3. The number of nitrogens with one attached hydrogen (secondary N) is 3. The highest BCUT2D eigenvalue weighted by Crippen LogP contribution is 2.16. The van der Waals surface area contributed by atoms with Gasteiger partial charge >= 0.3 is 5.97 Å². The number of carbonyl (C=O) groups is 4. The van der Waals surface area contributed by atoms with E-state index in [9.17, 15) is 19.2 Å². The lowest BCUT2D eigenvalue weighted by Gasteiger charge is -2.08. The first-order chi connectivity index (χ1) is 13.5. The number of furan rings is 1. The van der Waals surface area contributed by atoms with Gasteiger partial charge in [0.1, 0.15) is 12.3 Å². The van der Waals surface area contributed by atoms with Crippen molar-refractivity contribution < 1.29 is 33.1 Å². The van der Waals surface area contributed by atoms with E-state index >= 15 is 0 Å². The number of esters is 1. The van der Waals surface area contributed by atoms with Crippen molar-refractivity contribution >= 4 is 29.4 Å². The van der Waals surface area contributed by atoms with Gasteiger partial charge in [-0.25, -0.2) is 0 Å². The molecule has 0 fully saturated rings. The molecule has 0 aliphatic rings. The van der Waals surface area contributed by atoms with Crippen LogP contribution in [0.25, 0.3) is 0 Å². The zero-order chi connectivity index (χ0) is 20.4. The minimum absolute atomic E-state index is 0.0641. The van der Waals surface area contributed by atoms with E-state index in [-0.39, 0.29) is 12.3 Å². The highest BCUT2D eigenvalue weighted by molar-refractivity contribution is 5.95. The van der Waals surface area contributed by atoms with Gasteiger partial charge in [0.15, 0.2) is 12.4 Å². The van der Waals surface area contributed by atoms with Crippen LogP contribution in [0.2, 0.25) is 0 Å². The number of benzene rings is 1. The van der Waals surface area contributed by atoms with Crippen LogP contribution in [0, 0.1) is 0 Å². The fourth-order valence-corrected chi connectivity index (χ4v) is 1.98. The third-order valence-corrected chi connectivity index (χ3v) is 3.30. The summed E-state index contributed by atoms with van der Waals surface area (Å²) >= 11 is 0. The second kappa shape index (κ2) is 10.4. The molecule has 2 aromatic rings. The van der Waals surface area contributed by atoms with Crippen LogP contribution >= 0.6 is 0 Å². The van der Waals surface area contributed by atoms with Gasteiger partial charge in [0.05, 0.1) is 19.9 Å². The Kier molecular flexibility index (Phi) is 7.58. The van der Waals surface area contributed by atoms with Crippen molar-refractivity contribution in [1.82, 2.24) is 10.6 Å².